The zero-order chi connectivity index (χ0) is 16.7. The Morgan fingerprint density at radius 1 is 1.26 bits per heavy atom. The molecule has 1 aromatic carbocycles. The molecule has 1 aliphatic rings. The maximum atomic E-state index is 11.1. The SMILES string of the molecule is N#Cc1cc(NCCCN2CCOCC2)c([N+](=O)[O-])cc1C#N. The minimum absolute atomic E-state index is 0.0121. The van der Waals surface area contributed by atoms with E-state index >= 15 is 0 Å². The molecule has 0 aromatic heterocycles. The van der Waals surface area contributed by atoms with Crippen molar-refractivity contribution in [2.45, 2.75) is 6.42 Å². The minimum atomic E-state index is -0.549. The van der Waals surface area contributed by atoms with Gasteiger partial charge in [-0.15, -0.1) is 0 Å². The highest BCUT2D eigenvalue weighted by Crippen LogP contribution is 2.28. The van der Waals surface area contributed by atoms with Crippen molar-refractivity contribution in [1.82, 2.24) is 4.90 Å². The van der Waals surface area contributed by atoms with E-state index in [-0.39, 0.29) is 22.5 Å². The zero-order valence-electron chi connectivity index (χ0n) is 12.6. The summed E-state index contributed by atoms with van der Waals surface area (Å²) in [6.07, 6.45) is 0.818. The molecule has 0 amide bonds. The molecule has 0 bridgehead atoms. The van der Waals surface area contributed by atoms with E-state index < -0.39 is 4.92 Å². The number of nitro groups is 1. The number of ether oxygens (including phenoxy) is 1. The molecule has 23 heavy (non-hydrogen) atoms. The number of nitrogens with one attached hydrogen (secondary N) is 1. The Morgan fingerprint density at radius 3 is 2.52 bits per heavy atom. The average molecular weight is 315 g/mol. The molecule has 8 heteroatoms. The van der Waals surface area contributed by atoms with E-state index in [1.165, 1.54) is 6.07 Å². The summed E-state index contributed by atoms with van der Waals surface area (Å²) in [6.45, 7) is 4.70. The first-order valence-corrected chi connectivity index (χ1v) is 7.32. The van der Waals surface area contributed by atoms with Crippen LogP contribution in [0.4, 0.5) is 11.4 Å². The van der Waals surface area contributed by atoms with Gasteiger partial charge in [-0.25, -0.2) is 0 Å². The van der Waals surface area contributed by atoms with Crippen LogP contribution in [0.15, 0.2) is 12.1 Å². The predicted molar refractivity (Wildman–Crippen MR) is 82.9 cm³/mol. The van der Waals surface area contributed by atoms with Crippen molar-refractivity contribution in [1.29, 1.82) is 10.5 Å². The Morgan fingerprint density at radius 2 is 1.91 bits per heavy atom. The van der Waals surface area contributed by atoms with E-state index in [0.717, 1.165) is 45.3 Å². The highest BCUT2D eigenvalue weighted by atomic mass is 16.6. The number of nitrogens with zero attached hydrogens (tertiary/aromatic N) is 4. The van der Waals surface area contributed by atoms with Crippen molar-refractivity contribution < 1.29 is 9.66 Å². The Bertz CT molecular complexity index is 656. The topological polar surface area (TPSA) is 115 Å². The lowest BCUT2D eigenvalue weighted by Gasteiger charge is -2.26. The maximum Gasteiger partial charge on any atom is 0.293 e. The first-order valence-electron chi connectivity index (χ1n) is 7.32. The largest absolute Gasteiger partial charge is 0.379 e. The van der Waals surface area contributed by atoms with E-state index in [1.807, 2.05) is 6.07 Å². The molecule has 1 N–H and O–H groups in total. The van der Waals surface area contributed by atoms with Gasteiger partial charge in [-0.05, 0) is 19.0 Å². The quantitative estimate of drug-likeness (QED) is 0.480. The van der Waals surface area contributed by atoms with Gasteiger partial charge in [-0.2, -0.15) is 10.5 Å². The smallest absolute Gasteiger partial charge is 0.293 e. The summed E-state index contributed by atoms with van der Waals surface area (Å²) in [5.74, 6) is 0. The lowest BCUT2D eigenvalue weighted by molar-refractivity contribution is -0.384. The van der Waals surface area contributed by atoms with Crippen molar-refractivity contribution >= 4 is 11.4 Å². The Balaban J connectivity index is 1.99. The summed E-state index contributed by atoms with van der Waals surface area (Å²) in [5, 5.41) is 32.1. The molecule has 1 aromatic rings. The van der Waals surface area contributed by atoms with Crippen LogP contribution in [0.5, 0.6) is 0 Å². The van der Waals surface area contributed by atoms with Gasteiger partial charge in [0.1, 0.15) is 17.8 Å². The number of hydrogen-bond donors (Lipinski definition) is 1. The molecule has 8 nitrogen and oxygen atoms in total. The number of rotatable bonds is 6. The summed E-state index contributed by atoms with van der Waals surface area (Å²) in [4.78, 5) is 12.8. The second-order valence-electron chi connectivity index (χ2n) is 5.13. The fourth-order valence-electron chi connectivity index (χ4n) is 2.42. The lowest BCUT2D eigenvalue weighted by atomic mass is 10.1. The molecule has 2 rings (SSSR count). The molecule has 1 heterocycles. The van der Waals surface area contributed by atoms with Crippen molar-refractivity contribution in [2.75, 3.05) is 44.7 Å². The van der Waals surface area contributed by atoms with Crippen molar-refractivity contribution in [2.24, 2.45) is 0 Å². The first-order chi connectivity index (χ1) is 11.2. The number of morpholine rings is 1. The van der Waals surface area contributed by atoms with Crippen LogP contribution < -0.4 is 5.32 Å². The van der Waals surface area contributed by atoms with E-state index in [2.05, 4.69) is 10.2 Å². The van der Waals surface area contributed by atoms with E-state index in [4.69, 9.17) is 15.3 Å². The molecule has 0 saturated carbocycles. The fourth-order valence-corrected chi connectivity index (χ4v) is 2.42. The number of benzene rings is 1. The normalized spacial score (nSPS) is 14.7. The van der Waals surface area contributed by atoms with Crippen LogP contribution in [0.1, 0.15) is 17.5 Å². The van der Waals surface area contributed by atoms with E-state index in [1.54, 1.807) is 6.07 Å². The van der Waals surface area contributed by atoms with Gasteiger partial charge in [0.15, 0.2) is 0 Å². The van der Waals surface area contributed by atoms with Gasteiger partial charge < -0.3 is 10.1 Å². The van der Waals surface area contributed by atoms with E-state index in [9.17, 15) is 10.1 Å². The van der Waals surface area contributed by atoms with Crippen molar-refractivity contribution in [3.8, 4) is 12.1 Å². The second-order valence-corrected chi connectivity index (χ2v) is 5.13. The molecule has 0 spiro atoms. The predicted octanol–water partition coefficient (Wildman–Crippen LogP) is 1.47. The molecule has 0 unspecified atom stereocenters. The fraction of sp³-hybridized carbons (Fsp3) is 0.467. The zero-order valence-corrected chi connectivity index (χ0v) is 12.6. The first kappa shape index (κ1) is 16.7. The van der Waals surface area contributed by atoms with Crippen LogP contribution >= 0.6 is 0 Å². The van der Waals surface area contributed by atoms with Gasteiger partial charge in [-0.3, -0.25) is 15.0 Å². The third kappa shape index (κ3) is 4.39. The maximum absolute atomic E-state index is 11.1. The van der Waals surface area contributed by atoms with Gasteiger partial charge in [0.05, 0.1) is 29.3 Å². The molecule has 0 radical (unpaired) electrons. The van der Waals surface area contributed by atoms with Gasteiger partial charge in [-0.1, -0.05) is 0 Å². The lowest BCUT2D eigenvalue weighted by Crippen LogP contribution is -2.37. The average Bonchev–Trinajstić information content (AvgIpc) is 2.58. The summed E-state index contributed by atoms with van der Waals surface area (Å²) >= 11 is 0. The van der Waals surface area contributed by atoms with Gasteiger partial charge >= 0.3 is 0 Å². The molecule has 120 valence electrons. The Labute approximate surface area is 134 Å². The molecule has 1 aliphatic heterocycles. The third-order valence-electron chi connectivity index (χ3n) is 3.64. The summed E-state index contributed by atoms with van der Waals surface area (Å²) in [5.41, 5.74) is 0.228. The van der Waals surface area contributed by atoms with Gasteiger partial charge in [0, 0.05) is 25.7 Å². The van der Waals surface area contributed by atoms with Crippen LogP contribution in [-0.4, -0.2) is 49.2 Å². The Kier molecular flexibility index (Phi) is 5.87. The highest BCUT2D eigenvalue weighted by Gasteiger charge is 2.18. The van der Waals surface area contributed by atoms with Gasteiger partial charge in [0.2, 0.25) is 0 Å². The van der Waals surface area contributed by atoms with Crippen LogP contribution in [0.3, 0.4) is 0 Å². The molecule has 0 aliphatic carbocycles. The van der Waals surface area contributed by atoms with Crippen LogP contribution in [0.2, 0.25) is 0 Å². The monoisotopic (exact) mass is 315 g/mol. The van der Waals surface area contributed by atoms with Crippen LogP contribution in [0.25, 0.3) is 0 Å². The molecular formula is C15H17N5O3. The van der Waals surface area contributed by atoms with Crippen molar-refractivity contribution in [3.05, 3.63) is 33.4 Å². The summed E-state index contributed by atoms with van der Waals surface area (Å²) < 4.78 is 5.28. The molecular weight excluding hydrogens is 298 g/mol. The van der Waals surface area contributed by atoms with Crippen LogP contribution in [-0.2, 0) is 4.74 Å². The Hall–Kier alpha value is -2.68. The third-order valence-corrected chi connectivity index (χ3v) is 3.64. The van der Waals surface area contributed by atoms with Crippen molar-refractivity contribution in [3.63, 3.8) is 0 Å². The minimum Gasteiger partial charge on any atom is -0.379 e. The summed E-state index contributed by atoms with van der Waals surface area (Å²) in [7, 11) is 0. The van der Waals surface area contributed by atoms with Gasteiger partial charge in [0.25, 0.3) is 5.69 Å². The molecule has 1 fully saturated rings. The number of nitriles is 2. The van der Waals surface area contributed by atoms with Crippen LogP contribution in [0, 0.1) is 32.8 Å². The number of anilines is 1. The van der Waals surface area contributed by atoms with E-state index in [0.29, 0.717) is 6.54 Å². The molecule has 1 saturated heterocycles. The second kappa shape index (κ2) is 8.08. The molecule has 0 atom stereocenters. The highest BCUT2D eigenvalue weighted by molar-refractivity contribution is 5.68. The summed E-state index contributed by atoms with van der Waals surface area (Å²) in [6, 6.07) is 6.20. The number of hydrogen-bond acceptors (Lipinski definition) is 7. The number of nitro benzene ring substituents is 1. The standard InChI is InChI=1S/C15H17N5O3/c16-10-12-8-14(15(20(21)22)9-13(12)11-17)18-2-1-3-19-4-6-23-7-5-19/h8-9,18H,1-7H2.